The fraction of sp³-hybridized carbons (Fsp3) is 0.848. The number of thioether (sulfide) groups is 2. The topological polar surface area (TPSA) is 110 Å². The Kier molecular flexibility index (Phi) is 22.1. The molecule has 2 atom stereocenters. The van der Waals surface area contributed by atoms with Crippen LogP contribution in [0.1, 0.15) is 130 Å². The van der Waals surface area contributed by atoms with E-state index < -0.39 is 34.5 Å². The number of carboxylic acid groups (broad SMARTS) is 1. The molecule has 0 bridgehead atoms. The Morgan fingerprint density at radius 2 is 1.50 bits per heavy atom. The average Bonchev–Trinajstić information content (AvgIpc) is 3.39. The summed E-state index contributed by atoms with van der Waals surface area (Å²) in [6.45, 7) is 8.63. The Hall–Kier alpha value is -1.33. The predicted molar refractivity (Wildman–Crippen MR) is 185 cm³/mol. The molecule has 0 spiro atoms. The lowest BCUT2D eigenvalue weighted by molar-refractivity contribution is -0.155. The molecule has 0 aromatic heterocycles. The molecule has 0 aliphatic carbocycles. The van der Waals surface area contributed by atoms with Crippen molar-refractivity contribution in [3.63, 3.8) is 0 Å². The molecule has 1 heterocycles. The first kappa shape index (κ1) is 40.7. The van der Waals surface area contributed by atoms with Gasteiger partial charge >= 0.3 is 17.9 Å². The Morgan fingerprint density at radius 1 is 0.909 bits per heavy atom. The summed E-state index contributed by atoms with van der Waals surface area (Å²) in [6.07, 6.45) is 15.5. The van der Waals surface area contributed by atoms with E-state index in [0.29, 0.717) is 23.0 Å². The van der Waals surface area contributed by atoms with Crippen LogP contribution in [0.5, 0.6) is 0 Å². The van der Waals surface area contributed by atoms with Crippen molar-refractivity contribution in [1.82, 2.24) is 4.90 Å². The Balaban J connectivity index is 2.73. The van der Waals surface area contributed by atoms with Crippen molar-refractivity contribution >= 4 is 63.1 Å². The van der Waals surface area contributed by atoms with Crippen LogP contribution in [0.4, 0.5) is 0 Å². The van der Waals surface area contributed by atoms with E-state index in [1.807, 2.05) is 6.92 Å². The number of carboxylic acids is 1. The molecule has 11 heteroatoms. The zero-order chi connectivity index (χ0) is 32.8. The molecule has 0 saturated carbocycles. The number of thiocarbonyl (C=S) groups is 1. The molecule has 44 heavy (non-hydrogen) atoms. The Bertz CT molecular complexity index is 883. The van der Waals surface area contributed by atoms with Gasteiger partial charge in [-0.25, -0.2) is 0 Å². The Morgan fingerprint density at radius 3 is 2.07 bits per heavy atom. The number of ether oxygens (including phenoxy) is 2. The molecule has 0 aromatic rings. The first-order valence-corrected chi connectivity index (χ1v) is 19.0. The fourth-order valence-electron chi connectivity index (χ4n) is 5.04. The third-order valence-corrected chi connectivity index (χ3v) is 10.8. The van der Waals surface area contributed by atoms with Crippen LogP contribution in [0.3, 0.4) is 0 Å². The highest BCUT2D eigenvalue weighted by molar-refractivity contribution is 8.47. The number of hydrogen-bond donors (Lipinski definition) is 1. The lowest BCUT2D eigenvalue weighted by atomic mass is 9.81. The second-order valence-electron chi connectivity index (χ2n) is 12.4. The zero-order valence-corrected chi connectivity index (χ0v) is 30.0. The van der Waals surface area contributed by atoms with Gasteiger partial charge in [-0.05, 0) is 51.7 Å². The minimum Gasteiger partial charge on any atom is -0.481 e. The van der Waals surface area contributed by atoms with E-state index >= 15 is 0 Å². The minimum atomic E-state index is -1.21. The number of amides is 1. The second-order valence-corrected chi connectivity index (χ2v) is 15.9. The molecule has 254 valence electrons. The highest BCUT2D eigenvalue weighted by Gasteiger charge is 2.38. The van der Waals surface area contributed by atoms with Gasteiger partial charge in [0.25, 0.3) is 0 Å². The number of carbonyl (C=O) groups excluding carboxylic acids is 3. The molecule has 0 aromatic carbocycles. The maximum absolute atomic E-state index is 13.3. The van der Waals surface area contributed by atoms with Gasteiger partial charge in [-0.2, -0.15) is 0 Å². The zero-order valence-electron chi connectivity index (χ0n) is 27.6. The molecule has 1 amide bonds. The summed E-state index contributed by atoms with van der Waals surface area (Å²) in [5.41, 5.74) is -1.21. The maximum atomic E-state index is 13.3. The number of hydrogen-bond acceptors (Lipinski definition) is 9. The van der Waals surface area contributed by atoms with Crippen LogP contribution in [-0.4, -0.2) is 74.7 Å². The smallest absolute Gasteiger partial charge is 0.319 e. The monoisotopic (exact) mass is 675 g/mol. The first-order valence-electron chi connectivity index (χ1n) is 16.7. The van der Waals surface area contributed by atoms with Gasteiger partial charge in [0.15, 0.2) is 0 Å². The van der Waals surface area contributed by atoms with Gasteiger partial charge in [-0.15, -0.1) is 11.8 Å². The minimum absolute atomic E-state index is 0.00161. The lowest BCUT2D eigenvalue weighted by Crippen LogP contribution is -2.35. The average molecular weight is 676 g/mol. The third-order valence-electron chi connectivity index (χ3n) is 7.91. The van der Waals surface area contributed by atoms with Crippen molar-refractivity contribution in [3.05, 3.63) is 0 Å². The van der Waals surface area contributed by atoms with Crippen molar-refractivity contribution in [3.8, 4) is 0 Å². The van der Waals surface area contributed by atoms with Gasteiger partial charge in [0, 0.05) is 13.0 Å². The number of carbonyl (C=O) groups is 4. The van der Waals surface area contributed by atoms with E-state index in [-0.39, 0.29) is 32.0 Å². The summed E-state index contributed by atoms with van der Waals surface area (Å²) >= 11 is 8.41. The highest BCUT2D eigenvalue weighted by Crippen LogP contribution is 2.34. The third kappa shape index (κ3) is 18.0. The van der Waals surface area contributed by atoms with E-state index in [1.165, 1.54) is 63.1 Å². The normalized spacial score (nSPS) is 14.8. The van der Waals surface area contributed by atoms with Crippen molar-refractivity contribution in [2.45, 2.75) is 136 Å². The van der Waals surface area contributed by atoms with E-state index in [1.54, 1.807) is 30.5 Å². The van der Waals surface area contributed by atoms with Crippen LogP contribution in [0.2, 0.25) is 0 Å². The fourth-order valence-corrected chi connectivity index (χ4v) is 7.75. The maximum Gasteiger partial charge on any atom is 0.319 e. The number of likely N-dealkylation sites (tertiary alicyclic amines) is 1. The van der Waals surface area contributed by atoms with Gasteiger partial charge in [-0.3, -0.25) is 19.2 Å². The summed E-state index contributed by atoms with van der Waals surface area (Å²) in [7, 11) is 0. The lowest BCUT2D eigenvalue weighted by Gasteiger charge is -2.27. The number of unbranched alkanes of at least 4 members (excludes halogenated alkanes) is 10. The van der Waals surface area contributed by atoms with Crippen molar-refractivity contribution in [1.29, 1.82) is 0 Å². The van der Waals surface area contributed by atoms with Gasteiger partial charge in [-0.1, -0.05) is 102 Å². The van der Waals surface area contributed by atoms with E-state index in [2.05, 4.69) is 6.92 Å². The molecule has 1 aliphatic rings. The SMILES string of the molecule is CCCCCCCCCCCCSC(=S)SC(CC(CC(C)(C)C(=O)O)C(=O)OCCN1CCCC1=O)C(=O)OCCCC. The van der Waals surface area contributed by atoms with Crippen LogP contribution >= 0.6 is 35.7 Å². The molecule has 1 rings (SSSR count). The molecule has 8 nitrogen and oxygen atoms in total. The number of aliphatic carboxylic acids is 1. The summed E-state index contributed by atoms with van der Waals surface area (Å²) < 4.78 is 11.7. The van der Waals surface area contributed by atoms with Gasteiger partial charge < -0.3 is 19.5 Å². The summed E-state index contributed by atoms with van der Waals surface area (Å²) in [4.78, 5) is 52.0. The molecule has 1 fully saturated rings. The highest BCUT2D eigenvalue weighted by atomic mass is 32.2. The van der Waals surface area contributed by atoms with E-state index in [9.17, 15) is 24.3 Å². The quantitative estimate of drug-likeness (QED) is 0.0580. The molecule has 1 aliphatic heterocycles. The van der Waals surface area contributed by atoms with Gasteiger partial charge in [0.1, 0.15) is 15.4 Å². The molecule has 1 N–H and O–H groups in total. The summed E-state index contributed by atoms with van der Waals surface area (Å²) in [5, 5.41) is 9.02. The molecular formula is C33H57NO7S3. The van der Waals surface area contributed by atoms with Crippen LogP contribution in [0.25, 0.3) is 0 Å². The second kappa shape index (κ2) is 23.9. The van der Waals surface area contributed by atoms with Gasteiger partial charge in [0.05, 0.1) is 24.5 Å². The van der Waals surface area contributed by atoms with Crippen LogP contribution < -0.4 is 0 Å². The van der Waals surface area contributed by atoms with E-state index in [0.717, 1.165) is 37.9 Å². The number of esters is 2. The molecule has 1 saturated heterocycles. The largest absolute Gasteiger partial charge is 0.481 e. The number of rotatable bonds is 25. The molecular weight excluding hydrogens is 619 g/mol. The standard InChI is InChI=1S/C33H57NO7S3/c1-5-7-9-10-11-12-13-14-15-16-23-43-32(42)44-27(30(37)40-21-8-6-2)24-26(25-33(3,4)31(38)39)29(36)41-22-20-34-19-17-18-28(34)35/h26-27H,5-25H2,1-4H3,(H,38,39). The van der Waals surface area contributed by atoms with Crippen LogP contribution in [-0.2, 0) is 28.7 Å². The van der Waals surface area contributed by atoms with Crippen LogP contribution in [0, 0.1) is 11.3 Å². The molecule has 0 radical (unpaired) electrons. The molecule has 2 unspecified atom stereocenters. The summed E-state index contributed by atoms with van der Waals surface area (Å²) in [6, 6.07) is 0. The first-order chi connectivity index (χ1) is 21.0. The van der Waals surface area contributed by atoms with Crippen LogP contribution in [0.15, 0.2) is 0 Å². The summed E-state index contributed by atoms with van der Waals surface area (Å²) in [5.74, 6) is -1.98. The Labute approximate surface area is 279 Å². The van der Waals surface area contributed by atoms with Crippen molar-refractivity contribution in [2.24, 2.45) is 11.3 Å². The van der Waals surface area contributed by atoms with Gasteiger partial charge in [0.2, 0.25) is 5.91 Å². The van der Waals surface area contributed by atoms with E-state index in [4.69, 9.17) is 21.7 Å². The van der Waals surface area contributed by atoms with Crippen molar-refractivity contribution < 1.29 is 33.8 Å². The van der Waals surface area contributed by atoms with Crippen molar-refractivity contribution in [2.75, 3.05) is 32.1 Å². The number of nitrogens with zero attached hydrogens (tertiary/aromatic N) is 1. The predicted octanol–water partition coefficient (Wildman–Crippen LogP) is 8.04.